The fraction of sp³-hybridized carbons (Fsp3) is 0.481. The molecule has 0 radical (unpaired) electrons. The maximum absolute atomic E-state index is 12.6. The van der Waals surface area contributed by atoms with Crippen molar-refractivity contribution in [3.63, 3.8) is 0 Å². The number of nitrogens with zero attached hydrogens (tertiary/aromatic N) is 2. The quantitative estimate of drug-likeness (QED) is 0.453. The van der Waals surface area contributed by atoms with Crippen LogP contribution in [-0.2, 0) is 11.2 Å². The number of carbonyl (C=O) groups excluding carboxylic acids is 1. The number of hydrogen-bond donors (Lipinski definition) is 0. The molecule has 3 rings (SSSR count). The second-order valence-electron chi connectivity index (χ2n) is 8.37. The van der Waals surface area contributed by atoms with Gasteiger partial charge in [-0.05, 0) is 60.9 Å². The average Bonchev–Trinajstić information content (AvgIpc) is 3.15. The number of likely N-dealkylation sites (tertiary alicyclic amines) is 1. The summed E-state index contributed by atoms with van der Waals surface area (Å²) in [5.74, 6) is 0.708. The van der Waals surface area contributed by atoms with Crippen LogP contribution in [0.25, 0.3) is 0 Å². The molecule has 1 aliphatic heterocycles. The van der Waals surface area contributed by atoms with Crippen molar-refractivity contribution >= 4 is 17.5 Å². The normalized spacial score (nSPS) is 15.7. The first kappa shape index (κ1) is 28.6. The second-order valence-corrected chi connectivity index (χ2v) is 8.78. The summed E-state index contributed by atoms with van der Waals surface area (Å²) in [7, 11) is 0. The largest absolute Gasteiger partial charge is 0.342 e. The van der Waals surface area contributed by atoms with E-state index in [1.54, 1.807) is 12.1 Å². The van der Waals surface area contributed by atoms with Gasteiger partial charge in [0.25, 0.3) is 0 Å². The van der Waals surface area contributed by atoms with Crippen LogP contribution < -0.4 is 0 Å². The Morgan fingerprint density at radius 1 is 1.18 bits per heavy atom. The summed E-state index contributed by atoms with van der Waals surface area (Å²) < 4.78 is 24.9. The van der Waals surface area contributed by atoms with E-state index in [-0.39, 0.29) is 0 Å². The van der Waals surface area contributed by atoms with E-state index in [4.69, 9.17) is 16.9 Å². The first-order valence-electron chi connectivity index (χ1n) is 11.5. The summed E-state index contributed by atoms with van der Waals surface area (Å²) in [6.45, 7) is 12.3. The van der Waals surface area contributed by atoms with Crippen LogP contribution in [0.5, 0.6) is 0 Å². The van der Waals surface area contributed by atoms with E-state index < -0.39 is 11.6 Å². The lowest BCUT2D eigenvalue weighted by Gasteiger charge is -2.18. The number of amides is 1. The third kappa shape index (κ3) is 9.52. The zero-order chi connectivity index (χ0) is 25.0. The Hall–Kier alpha value is -2.45. The molecule has 0 bridgehead atoms. The molecule has 180 valence electrons. The van der Waals surface area contributed by atoms with Gasteiger partial charge < -0.3 is 4.90 Å². The van der Waals surface area contributed by atoms with Crippen LogP contribution in [0.4, 0.5) is 8.78 Å². The first-order valence-corrected chi connectivity index (χ1v) is 11.9. The predicted octanol–water partition coefficient (Wildman–Crippen LogP) is 7.34. The molecule has 2 aromatic rings. The van der Waals surface area contributed by atoms with Crippen LogP contribution in [0.3, 0.4) is 0 Å². The summed E-state index contributed by atoms with van der Waals surface area (Å²) >= 11 is 5.71. The Labute approximate surface area is 202 Å². The number of rotatable bonds is 5. The fourth-order valence-electron chi connectivity index (χ4n) is 3.52. The molecule has 0 spiro atoms. The lowest BCUT2D eigenvalue weighted by molar-refractivity contribution is -0.127. The highest BCUT2D eigenvalue weighted by molar-refractivity contribution is 6.31. The molecule has 2 atom stereocenters. The summed E-state index contributed by atoms with van der Waals surface area (Å²) in [4.78, 5) is 13.5. The van der Waals surface area contributed by atoms with E-state index in [2.05, 4.69) is 20.8 Å². The van der Waals surface area contributed by atoms with Crippen LogP contribution >= 0.6 is 11.6 Å². The number of hydrogen-bond acceptors (Lipinski definition) is 2. The minimum absolute atomic E-state index is 0.368. The van der Waals surface area contributed by atoms with Crippen LogP contribution in [0.1, 0.15) is 63.6 Å². The monoisotopic (exact) mass is 476 g/mol. The summed E-state index contributed by atoms with van der Waals surface area (Å²) in [5, 5.41) is 9.00. The van der Waals surface area contributed by atoms with Gasteiger partial charge in [0.05, 0.1) is 10.6 Å². The molecule has 6 heteroatoms. The van der Waals surface area contributed by atoms with Crippen molar-refractivity contribution in [2.75, 3.05) is 13.1 Å². The molecule has 0 aliphatic carbocycles. The Balaban J connectivity index is 0.000000251. The molecule has 33 heavy (non-hydrogen) atoms. The smallest absolute Gasteiger partial charge is 0.222 e. The van der Waals surface area contributed by atoms with E-state index in [0.717, 1.165) is 37.6 Å². The molecule has 0 N–H and O–H groups in total. The second kappa shape index (κ2) is 14.6. The SMILES string of the molecule is CCCN1CC(C(C)CC)CC1=O.CCc1ccc(F)cc1F.Cc1ccc(C#N)c(Cl)c1. The fourth-order valence-corrected chi connectivity index (χ4v) is 3.80. The van der Waals surface area contributed by atoms with Crippen molar-refractivity contribution in [1.82, 2.24) is 4.90 Å². The molecule has 0 saturated carbocycles. The van der Waals surface area contributed by atoms with Crippen LogP contribution in [0.15, 0.2) is 36.4 Å². The maximum Gasteiger partial charge on any atom is 0.222 e. The third-order valence-corrected chi connectivity index (χ3v) is 6.14. The van der Waals surface area contributed by atoms with E-state index >= 15 is 0 Å². The minimum Gasteiger partial charge on any atom is -0.342 e. The van der Waals surface area contributed by atoms with E-state index in [9.17, 15) is 13.6 Å². The van der Waals surface area contributed by atoms with Gasteiger partial charge in [-0.15, -0.1) is 0 Å². The van der Waals surface area contributed by atoms with Gasteiger partial charge in [0.15, 0.2) is 0 Å². The summed E-state index contributed by atoms with van der Waals surface area (Å²) in [6, 6.07) is 11.0. The zero-order valence-corrected chi connectivity index (χ0v) is 21.1. The van der Waals surface area contributed by atoms with Gasteiger partial charge in [0.1, 0.15) is 17.7 Å². The number of nitriles is 1. The molecule has 1 fully saturated rings. The molecule has 2 aromatic carbocycles. The third-order valence-electron chi connectivity index (χ3n) is 5.83. The standard InChI is InChI=1S/C11H21NO.C8H6ClN.C8H8F2/c1-4-6-12-8-10(7-11(12)13)9(3)5-2;1-6-2-3-7(5-10)8(9)4-6;1-2-6-3-4-7(9)5-8(6)10/h9-10H,4-8H2,1-3H3;2-4H,1H3;3-5H,2H2,1H3. The Morgan fingerprint density at radius 2 is 1.88 bits per heavy atom. The van der Waals surface area contributed by atoms with E-state index in [0.29, 0.717) is 40.3 Å². The predicted molar refractivity (Wildman–Crippen MR) is 131 cm³/mol. The molecule has 1 amide bonds. The Bertz CT molecular complexity index is 942. The van der Waals surface area contributed by atoms with Gasteiger partial charge in [-0.2, -0.15) is 5.26 Å². The van der Waals surface area contributed by atoms with Gasteiger partial charge >= 0.3 is 0 Å². The van der Waals surface area contributed by atoms with Gasteiger partial charge in [-0.25, -0.2) is 8.78 Å². The van der Waals surface area contributed by atoms with Crippen LogP contribution in [0, 0.1) is 41.7 Å². The highest BCUT2D eigenvalue weighted by atomic mass is 35.5. The Morgan fingerprint density at radius 3 is 2.39 bits per heavy atom. The molecular formula is C27H35ClF2N2O. The van der Waals surface area contributed by atoms with Crippen LogP contribution in [0.2, 0.25) is 5.02 Å². The maximum atomic E-state index is 12.6. The molecule has 2 unspecified atom stereocenters. The molecule has 0 aromatic heterocycles. The van der Waals surface area contributed by atoms with Crippen molar-refractivity contribution < 1.29 is 13.6 Å². The van der Waals surface area contributed by atoms with Crippen molar-refractivity contribution in [3.05, 3.63) is 69.7 Å². The number of carbonyl (C=O) groups is 1. The van der Waals surface area contributed by atoms with Crippen LogP contribution in [-0.4, -0.2) is 23.9 Å². The van der Waals surface area contributed by atoms with Crippen molar-refractivity contribution in [3.8, 4) is 6.07 Å². The molecule has 1 saturated heterocycles. The van der Waals surface area contributed by atoms with Crippen molar-refractivity contribution in [2.24, 2.45) is 11.8 Å². The van der Waals surface area contributed by atoms with Gasteiger partial charge in [0, 0.05) is 25.6 Å². The highest BCUT2D eigenvalue weighted by Gasteiger charge is 2.31. The van der Waals surface area contributed by atoms with Gasteiger partial charge in [-0.3, -0.25) is 4.79 Å². The van der Waals surface area contributed by atoms with Crippen molar-refractivity contribution in [1.29, 1.82) is 5.26 Å². The zero-order valence-electron chi connectivity index (χ0n) is 20.3. The highest BCUT2D eigenvalue weighted by Crippen LogP contribution is 2.26. The topological polar surface area (TPSA) is 44.1 Å². The number of halogens is 3. The number of benzene rings is 2. The molecule has 1 aliphatic rings. The average molecular weight is 477 g/mol. The number of aryl methyl sites for hydroxylation is 2. The molecule has 1 heterocycles. The lowest BCUT2D eigenvalue weighted by Crippen LogP contribution is -2.26. The Kier molecular flexibility index (Phi) is 12.7. The molecule has 3 nitrogen and oxygen atoms in total. The van der Waals surface area contributed by atoms with E-state index in [1.807, 2.05) is 30.9 Å². The van der Waals surface area contributed by atoms with Gasteiger partial charge in [-0.1, -0.05) is 57.8 Å². The first-order chi connectivity index (χ1) is 15.7. The molecular weight excluding hydrogens is 442 g/mol. The summed E-state index contributed by atoms with van der Waals surface area (Å²) in [6.07, 6.45) is 3.66. The van der Waals surface area contributed by atoms with Gasteiger partial charge in [0.2, 0.25) is 5.91 Å². The lowest BCUT2D eigenvalue weighted by atomic mass is 9.91. The summed E-state index contributed by atoms with van der Waals surface area (Å²) in [5.41, 5.74) is 2.16. The minimum atomic E-state index is -0.519. The van der Waals surface area contributed by atoms with E-state index in [1.165, 1.54) is 18.6 Å². The van der Waals surface area contributed by atoms with Crippen molar-refractivity contribution in [2.45, 2.75) is 60.3 Å².